The smallest absolute Gasteiger partial charge is 0.236 e. The Morgan fingerprint density at radius 2 is 2.00 bits per heavy atom. The van der Waals surface area contributed by atoms with Crippen LogP contribution in [0.1, 0.15) is 26.7 Å². The molecule has 0 bridgehead atoms. The molecular formula is C9H16BrNOS. The zero-order valence-electron chi connectivity index (χ0n) is 8.10. The SMILES string of the molecule is CC(C)(Br)C(=O)NC1CCSCC1. The summed E-state index contributed by atoms with van der Waals surface area (Å²) in [5.41, 5.74) is 0. The van der Waals surface area contributed by atoms with Gasteiger partial charge in [-0.1, -0.05) is 15.9 Å². The van der Waals surface area contributed by atoms with Gasteiger partial charge in [0.1, 0.15) is 0 Å². The molecule has 76 valence electrons. The first-order valence-corrected chi connectivity index (χ1v) is 6.52. The fraction of sp³-hybridized carbons (Fsp3) is 0.889. The molecule has 0 aromatic rings. The Hall–Kier alpha value is 0.300. The van der Waals surface area contributed by atoms with Crippen molar-refractivity contribution < 1.29 is 4.79 Å². The Morgan fingerprint density at radius 3 is 2.46 bits per heavy atom. The first-order chi connectivity index (χ1) is 6.00. The zero-order chi connectivity index (χ0) is 9.90. The predicted octanol–water partition coefficient (Wildman–Crippen LogP) is 2.17. The second-order valence-electron chi connectivity index (χ2n) is 3.83. The molecule has 1 rings (SSSR count). The lowest BCUT2D eigenvalue weighted by Gasteiger charge is -2.25. The lowest BCUT2D eigenvalue weighted by molar-refractivity contribution is -0.123. The van der Waals surface area contributed by atoms with E-state index in [0.717, 1.165) is 12.8 Å². The predicted molar refractivity (Wildman–Crippen MR) is 61.5 cm³/mol. The van der Waals surface area contributed by atoms with Crippen LogP contribution in [0.2, 0.25) is 0 Å². The lowest BCUT2D eigenvalue weighted by atomic mass is 10.1. The van der Waals surface area contributed by atoms with E-state index in [2.05, 4.69) is 21.2 Å². The highest BCUT2D eigenvalue weighted by molar-refractivity contribution is 9.10. The van der Waals surface area contributed by atoms with Crippen molar-refractivity contribution in [1.82, 2.24) is 5.32 Å². The Balaban J connectivity index is 2.35. The van der Waals surface area contributed by atoms with Gasteiger partial charge in [0.15, 0.2) is 0 Å². The molecule has 0 atom stereocenters. The van der Waals surface area contributed by atoms with E-state index >= 15 is 0 Å². The van der Waals surface area contributed by atoms with Gasteiger partial charge in [-0.25, -0.2) is 0 Å². The molecule has 0 unspecified atom stereocenters. The number of alkyl halides is 1. The van der Waals surface area contributed by atoms with Crippen molar-refractivity contribution in [3.05, 3.63) is 0 Å². The highest BCUT2D eigenvalue weighted by atomic mass is 79.9. The van der Waals surface area contributed by atoms with Crippen LogP contribution in [0.25, 0.3) is 0 Å². The number of amides is 1. The maximum Gasteiger partial charge on any atom is 0.236 e. The molecule has 0 aliphatic carbocycles. The number of thioether (sulfide) groups is 1. The monoisotopic (exact) mass is 265 g/mol. The Kier molecular flexibility index (Phi) is 4.10. The summed E-state index contributed by atoms with van der Waals surface area (Å²) in [6.45, 7) is 3.75. The van der Waals surface area contributed by atoms with Crippen molar-refractivity contribution in [3.8, 4) is 0 Å². The molecule has 4 heteroatoms. The van der Waals surface area contributed by atoms with E-state index in [9.17, 15) is 4.79 Å². The molecule has 1 aliphatic heterocycles. The molecule has 1 saturated heterocycles. The lowest BCUT2D eigenvalue weighted by Crippen LogP contribution is -2.44. The normalized spacial score (nSPS) is 19.9. The molecule has 1 fully saturated rings. The molecule has 0 radical (unpaired) electrons. The van der Waals surface area contributed by atoms with Crippen LogP contribution < -0.4 is 5.32 Å². The van der Waals surface area contributed by atoms with E-state index in [-0.39, 0.29) is 5.91 Å². The van der Waals surface area contributed by atoms with Gasteiger partial charge in [-0.15, -0.1) is 0 Å². The topological polar surface area (TPSA) is 29.1 Å². The minimum Gasteiger partial charge on any atom is -0.352 e. The van der Waals surface area contributed by atoms with Gasteiger partial charge < -0.3 is 5.32 Å². The number of carbonyl (C=O) groups excluding carboxylic acids is 1. The van der Waals surface area contributed by atoms with Crippen LogP contribution in [0.4, 0.5) is 0 Å². The van der Waals surface area contributed by atoms with Gasteiger partial charge in [-0.3, -0.25) is 4.79 Å². The third kappa shape index (κ3) is 3.90. The van der Waals surface area contributed by atoms with Gasteiger partial charge in [0.05, 0.1) is 4.32 Å². The molecule has 1 heterocycles. The van der Waals surface area contributed by atoms with Crippen LogP contribution in [0.3, 0.4) is 0 Å². The fourth-order valence-corrected chi connectivity index (χ4v) is 2.42. The van der Waals surface area contributed by atoms with E-state index in [1.165, 1.54) is 11.5 Å². The molecule has 13 heavy (non-hydrogen) atoms. The van der Waals surface area contributed by atoms with Crippen LogP contribution >= 0.6 is 27.7 Å². The minimum absolute atomic E-state index is 0.101. The summed E-state index contributed by atoms with van der Waals surface area (Å²) in [6, 6.07) is 0.394. The van der Waals surface area contributed by atoms with Crippen molar-refractivity contribution in [2.75, 3.05) is 11.5 Å². The third-order valence-corrected chi connectivity index (χ3v) is 3.51. The Labute approximate surface area is 92.4 Å². The molecule has 0 spiro atoms. The number of hydrogen-bond donors (Lipinski definition) is 1. The number of rotatable bonds is 2. The molecule has 1 amide bonds. The van der Waals surface area contributed by atoms with Crippen molar-refractivity contribution in [1.29, 1.82) is 0 Å². The van der Waals surface area contributed by atoms with Crippen molar-refractivity contribution in [3.63, 3.8) is 0 Å². The zero-order valence-corrected chi connectivity index (χ0v) is 10.5. The van der Waals surface area contributed by atoms with Crippen molar-refractivity contribution in [2.24, 2.45) is 0 Å². The number of nitrogens with one attached hydrogen (secondary N) is 1. The van der Waals surface area contributed by atoms with Gasteiger partial charge in [-0.05, 0) is 38.2 Å². The Morgan fingerprint density at radius 1 is 1.46 bits per heavy atom. The van der Waals surface area contributed by atoms with Crippen LogP contribution in [0.5, 0.6) is 0 Å². The molecule has 1 aliphatic rings. The van der Waals surface area contributed by atoms with Crippen LogP contribution in [-0.4, -0.2) is 27.8 Å². The summed E-state index contributed by atoms with van der Waals surface area (Å²) in [6.07, 6.45) is 2.22. The largest absolute Gasteiger partial charge is 0.352 e. The molecule has 1 N–H and O–H groups in total. The van der Waals surface area contributed by atoms with E-state index in [1.807, 2.05) is 25.6 Å². The van der Waals surface area contributed by atoms with E-state index < -0.39 is 4.32 Å². The van der Waals surface area contributed by atoms with E-state index in [0.29, 0.717) is 6.04 Å². The molecule has 0 aromatic carbocycles. The quantitative estimate of drug-likeness (QED) is 0.776. The van der Waals surface area contributed by atoms with E-state index in [1.54, 1.807) is 0 Å². The first kappa shape index (κ1) is 11.4. The minimum atomic E-state index is -0.433. The summed E-state index contributed by atoms with van der Waals surface area (Å²) < 4.78 is -0.433. The van der Waals surface area contributed by atoms with Crippen molar-refractivity contribution >= 4 is 33.6 Å². The third-order valence-electron chi connectivity index (χ3n) is 2.10. The highest BCUT2D eigenvalue weighted by Gasteiger charge is 2.26. The summed E-state index contributed by atoms with van der Waals surface area (Å²) in [5.74, 6) is 2.45. The van der Waals surface area contributed by atoms with Gasteiger partial charge in [0, 0.05) is 6.04 Å². The first-order valence-electron chi connectivity index (χ1n) is 4.58. The number of carbonyl (C=O) groups is 1. The summed E-state index contributed by atoms with van der Waals surface area (Å²) in [4.78, 5) is 11.6. The van der Waals surface area contributed by atoms with Gasteiger partial charge >= 0.3 is 0 Å². The fourth-order valence-electron chi connectivity index (χ4n) is 1.20. The summed E-state index contributed by atoms with van der Waals surface area (Å²) in [5, 5.41) is 3.06. The second-order valence-corrected chi connectivity index (χ2v) is 7.04. The Bertz CT molecular complexity index is 185. The average Bonchev–Trinajstić information content (AvgIpc) is 2.04. The molecule has 0 aromatic heterocycles. The van der Waals surface area contributed by atoms with Gasteiger partial charge in [0.25, 0.3) is 0 Å². The average molecular weight is 266 g/mol. The van der Waals surface area contributed by atoms with Crippen LogP contribution in [0, 0.1) is 0 Å². The van der Waals surface area contributed by atoms with Crippen LogP contribution in [0.15, 0.2) is 0 Å². The summed E-state index contributed by atoms with van der Waals surface area (Å²) >= 11 is 5.32. The van der Waals surface area contributed by atoms with Crippen molar-refractivity contribution in [2.45, 2.75) is 37.1 Å². The van der Waals surface area contributed by atoms with E-state index in [4.69, 9.17) is 0 Å². The number of hydrogen-bond acceptors (Lipinski definition) is 2. The summed E-state index contributed by atoms with van der Waals surface area (Å²) in [7, 11) is 0. The molecule has 2 nitrogen and oxygen atoms in total. The second kappa shape index (κ2) is 4.69. The molecule has 0 saturated carbocycles. The maximum atomic E-state index is 11.6. The van der Waals surface area contributed by atoms with Crippen LogP contribution in [-0.2, 0) is 4.79 Å². The molecular weight excluding hydrogens is 250 g/mol. The van der Waals surface area contributed by atoms with Gasteiger partial charge in [0.2, 0.25) is 5.91 Å². The maximum absolute atomic E-state index is 11.6. The standard InChI is InChI=1S/C9H16BrNOS/c1-9(2,10)8(12)11-7-3-5-13-6-4-7/h7H,3-6H2,1-2H3,(H,11,12). The van der Waals surface area contributed by atoms with Gasteiger partial charge in [-0.2, -0.15) is 11.8 Å². The number of halogens is 1. The highest BCUT2D eigenvalue weighted by Crippen LogP contribution is 2.20.